The fourth-order valence-corrected chi connectivity index (χ4v) is 2.76. The standard InChI is InChI=1S/C18H31O6P/c1-14(2)7-5-8-15(3)9-6-10-16(4)11-12-24-17(18(19)20)13-25(21,22)23/h7,9,11,17H,5-6,8,10,12-13H2,1-4H3,(H,19,20)(H2,21,22,23). The Morgan fingerprint density at radius 1 is 1.00 bits per heavy atom. The Morgan fingerprint density at radius 2 is 1.52 bits per heavy atom. The zero-order chi connectivity index (χ0) is 19.5. The van der Waals surface area contributed by atoms with Crippen molar-refractivity contribution in [2.24, 2.45) is 0 Å². The highest BCUT2D eigenvalue weighted by Gasteiger charge is 2.27. The molecule has 0 heterocycles. The highest BCUT2D eigenvalue weighted by Crippen LogP contribution is 2.35. The van der Waals surface area contributed by atoms with Crippen LogP contribution < -0.4 is 0 Å². The first-order chi connectivity index (χ1) is 11.5. The summed E-state index contributed by atoms with van der Waals surface area (Å²) in [5, 5.41) is 8.91. The van der Waals surface area contributed by atoms with Gasteiger partial charge in [-0.3, -0.25) is 4.57 Å². The molecule has 0 saturated heterocycles. The second-order valence-corrected chi connectivity index (χ2v) is 8.16. The van der Waals surface area contributed by atoms with Gasteiger partial charge in [0.05, 0.1) is 12.8 Å². The van der Waals surface area contributed by atoms with Crippen molar-refractivity contribution in [2.45, 2.75) is 59.5 Å². The van der Waals surface area contributed by atoms with Crippen LogP contribution in [0.1, 0.15) is 53.4 Å². The summed E-state index contributed by atoms with van der Waals surface area (Å²) in [4.78, 5) is 28.6. The molecule has 0 saturated carbocycles. The average molecular weight is 374 g/mol. The number of carbonyl (C=O) groups is 1. The summed E-state index contributed by atoms with van der Waals surface area (Å²) in [6.07, 6.45) is 7.67. The number of hydrogen-bond acceptors (Lipinski definition) is 3. The number of aliphatic carboxylic acids is 1. The lowest BCUT2D eigenvalue weighted by atomic mass is 10.1. The van der Waals surface area contributed by atoms with Gasteiger partial charge in [-0.2, -0.15) is 0 Å². The summed E-state index contributed by atoms with van der Waals surface area (Å²) in [5.74, 6) is -1.37. The van der Waals surface area contributed by atoms with Crippen LogP contribution in [0.4, 0.5) is 0 Å². The van der Waals surface area contributed by atoms with Gasteiger partial charge in [0.1, 0.15) is 0 Å². The minimum absolute atomic E-state index is 0.0199. The van der Waals surface area contributed by atoms with Gasteiger partial charge in [0.15, 0.2) is 6.10 Å². The summed E-state index contributed by atoms with van der Waals surface area (Å²) >= 11 is 0. The van der Waals surface area contributed by atoms with Crippen LogP contribution in [-0.4, -0.2) is 39.7 Å². The number of rotatable bonds is 12. The molecule has 0 bridgehead atoms. The predicted octanol–water partition coefficient (Wildman–Crippen LogP) is 4.05. The van der Waals surface area contributed by atoms with Gasteiger partial charge >= 0.3 is 13.6 Å². The van der Waals surface area contributed by atoms with Crippen molar-refractivity contribution >= 4 is 13.6 Å². The Balaban J connectivity index is 4.25. The molecule has 0 aromatic heterocycles. The lowest BCUT2D eigenvalue weighted by Crippen LogP contribution is -2.28. The number of allylic oxidation sites excluding steroid dienone is 5. The fourth-order valence-electron chi connectivity index (χ4n) is 2.06. The molecule has 7 heteroatoms. The molecule has 0 aliphatic rings. The van der Waals surface area contributed by atoms with E-state index in [0.717, 1.165) is 31.3 Å². The normalized spacial score (nSPS) is 14.3. The van der Waals surface area contributed by atoms with Crippen molar-refractivity contribution in [1.29, 1.82) is 0 Å². The highest BCUT2D eigenvalue weighted by atomic mass is 31.2. The van der Waals surface area contributed by atoms with Crippen molar-refractivity contribution in [2.75, 3.05) is 12.8 Å². The summed E-state index contributed by atoms with van der Waals surface area (Å²) in [6.45, 7) is 8.23. The van der Waals surface area contributed by atoms with E-state index in [1.807, 2.05) is 6.92 Å². The number of carboxylic acids is 1. The van der Waals surface area contributed by atoms with Gasteiger partial charge in [-0.25, -0.2) is 4.79 Å². The van der Waals surface area contributed by atoms with E-state index in [1.165, 1.54) is 11.1 Å². The van der Waals surface area contributed by atoms with E-state index >= 15 is 0 Å². The van der Waals surface area contributed by atoms with Crippen molar-refractivity contribution in [3.63, 3.8) is 0 Å². The van der Waals surface area contributed by atoms with Crippen molar-refractivity contribution < 1.29 is 29.0 Å². The van der Waals surface area contributed by atoms with E-state index in [-0.39, 0.29) is 6.61 Å². The first kappa shape index (κ1) is 23.8. The van der Waals surface area contributed by atoms with Crippen molar-refractivity contribution in [1.82, 2.24) is 0 Å². The predicted molar refractivity (Wildman–Crippen MR) is 99.7 cm³/mol. The van der Waals surface area contributed by atoms with Crippen LogP contribution in [0, 0.1) is 0 Å². The largest absolute Gasteiger partial charge is 0.479 e. The van der Waals surface area contributed by atoms with E-state index in [4.69, 9.17) is 19.6 Å². The lowest BCUT2D eigenvalue weighted by molar-refractivity contribution is -0.148. The van der Waals surface area contributed by atoms with Gasteiger partial charge in [-0.05, 0) is 53.4 Å². The summed E-state index contributed by atoms with van der Waals surface area (Å²) in [5.41, 5.74) is 3.72. The summed E-state index contributed by atoms with van der Waals surface area (Å²) in [7, 11) is -4.42. The first-order valence-electron chi connectivity index (χ1n) is 8.35. The van der Waals surface area contributed by atoms with Crippen LogP contribution in [0.25, 0.3) is 0 Å². The Labute approximate surface area is 150 Å². The van der Waals surface area contributed by atoms with Crippen LogP contribution in [0.5, 0.6) is 0 Å². The van der Waals surface area contributed by atoms with Gasteiger partial charge in [0.2, 0.25) is 0 Å². The molecule has 0 aliphatic heterocycles. The van der Waals surface area contributed by atoms with Crippen LogP contribution in [0.3, 0.4) is 0 Å². The summed E-state index contributed by atoms with van der Waals surface area (Å²) < 4.78 is 15.9. The van der Waals surface area contributed by atoms with Crippen LogP contribution in [0.2, 0.25) is 0 Å². The Morgan fingerprint density at radius 3 is 2.00 bits per heavy atom. The fraction of sp³-hybridized carbons (Fsp3) is 0.611. The van der Waals surface area contributed by atoms with E-state index in [2.05, 4.69) is 32.9 Å². The number of hydrogen-bond donors (Lipinski definition) is 3. The van der Waals surface area contributed by atoms with E-state index in [9.17, 15) is 9.36 Å². The SMILES string of the molecule is CC(C)=CCCC(C)=CCCC(C)=CCOC(CP(=O)(O)O)C(=O)O. The number of carboxylic acid groups (broad SMARTS) is 1. The van der Waals surface area contributed by atoms with E-state index in [0.29, 0.717) is 0 Å². The molecule has 0 fully saturated rings. The molecule has 0 aliphatic carbocycles. The van der Waals surface area contributed by atoms with Crippen molar-refractivity contribution in [3.05, 3.63) is 34.9 Å². The Kier molecular flexibility index (Phi) is 11.6. The third-order valence-electron chi connectivity index (χ3n) is 3.53. The zero-order valence-electron chi connectivity index (χ0n) is 15.6. The Bertz CT molecular complexity index is 552. The molecular weight excluding hydrogens is 343 g/mol. The molecule has 0 amide bonds. The molecule has 1 atom stereocenters. The quantitative estimate of drug-likeness (QED) is 0.352. The molecule has 1 unspecified atom stereocenters. The molecule has 0 rings (SSSR count). The molecule has 0 aromatic rings. The lowest BCUT2D eigenvalue weighted by Gasteiger charge is -2.13. The van der Waals surface area contributed by atoms with Crippen LogP contribution in [-0.2, 0) is 14.1 Å². The van der Waals surface area contributed by atoms with Gasteiger partial charge in [-0.1, -0.05) is 34.9 Å². The molecule has 0 spiro atoms. The molecule has 3 N–H and O–H groups in total. The minimum Gasteiger partial charge on any atom is -0.479 e. The van der Waals surface area contributed by atoms with Crippen LogP contribution >= 0.6 is 7.60 Å². The van der Waals surface area contributed by atoms with Gasteiger partial charge in [0.25, 0.3) is 0 Å². The smallest absolute Gasteiger partial charge is 0.333 e. The second kappa shape index (κ2) is 12.2. The topological polar surface area (TPSA) is 104 Å². The maximum atomic E-state index is 10.9. The third kappa shape index (κ3) is 14.8. The minimum atomic E-state index is -4.42. The monoisotopic (exact) mass is 374 g/mol. The van der Waals surface area contributed by atoms with Gasteiger partial charge in [0, 0.05) is 0 Å². The molecule has 0 radical (unpaired) electrons. The molecule has 6 nitrogen and oxygen atoms in total. The second-order valence-electron chi connectivity index (χ2n) is 6.47. The first-order valence-corrected chi connectivity index (χ1v) is 10.1. The summed E-state index contributed by atoms with van der Waals surface area (Å²) in [6, 6.07) is 0. The maximum absolute atomic E-state index is 10.9. The molecular formula is C18H31O6P. The highest BCUT2D eigenvalue weighted by molar-refractivity contribution is 7.51. The van der Waals surface area contributed by atoms with Crippen LogP contribution in [0.15, 0.2) is 34.9 Å². The van der Waals surface area contributed by atoms with E-state index in [1.54, 1.807) is 6.08 Å². The van der Waals surface area contributed by atoms with Gasteiger partial charge in [-0.15, -0.1) is 0 Å². The van der Waals surface area contributed by atoms with Crippen molar-refractivity contribution in [3.8, 4) is 0 Å². The average Bonchev–Trinajstić information content (AvgIpc) is 2.44. The molecule has 0 aromatic carbocycles. The molecule has 25 heavy (non-hydrogen) atoms. The maximum Gasteiger partial charge on any atom is 0.333 e. The van der Waals surface area contributed by atoms with Gasteiger partial charge < -0.3 is 19.6 Å². The number of ether oxygens (including phenoxy) is 1. The molecule has 144 valence electrons. The van der Waals surface area contributed by atoms with E-state index < -0.39 is 25.8 Å². The third-order valence-corrected chi connectivity index (χ3v) is 4.34. The zero-order valence-corrected chi connectivity index (χ0v) is 16.5. The Hall–Kier alpha value is -1.20.